The smallest absolute Gasteiger partial charge is 0.234 e. The van der Waals surface area contributed by atoms with Gasteiger partial charge in [-0.3, -0.25) is 4.79 Å². The van der Waals surface area contributed by atoms with Crippen LogP contribution in [-0.2, 0) is 16.1 Å². The molecule has 138 valence electrons. The first-order valence-corrected chi connectivity index (χ1v) is 9.84. The van der Waals surface area contributed by atoms with Crippen LogP contribution in [0, 0.1) is 5.82 Å². The molecule has 0 unspecified atom stereocenters. The zero-order valence-electron chi connectivity index (χ0n) is 14.3. The van der Waals surface area contributed by atoms with E-state index in [2.05, 4.69) is 5.32 Å². The monoisotopic (exact) mass is 395 g/mol. The molecule has 1 heterocycles. The second-order valence-electron chi connectivity index (χ2n) is 6.15. The average Bonchev–Trinajstić information content (AvgIpc) is 2.65. The maximum absolute atomic E-state index is 13.1. The van der Waals surface area contributed by atoms with Crippen LogP contribution >= 0.6 is 23.4 Å². The van der Waals surface area contributed by atoms with Crippen molar-refractivity contribution in [2.24, 2.45) is 0 Å². The van der Waals surface area contributed by atoms with E-state index in [0.29, 0.717) is 0 Å². The van der Waals surface area contributed by atoms with E-state index in [0.717, 1.165) is 43.4 Å². The Morgan fingerprint density at radius 3 is 2.62 bits per heavy atom. The van der Waals surface area contributed by atoms with Gasteiger partial charge in [0.15, 0.2) is 0 Å². The molecule has 1 aliphatic heterocycles. The molecule has 2 aromatic carbocycles. The van der Waals surface area contributed by atoms with Crippen LogP contribution in [0.1, 0.15) is 5.56 Å². The van der Waals surface area contributed by atoms with Gasteiger partial charge in [0.1, 0.15) is 25.5 Å². The first-order valence-electron chi connectivity index (χ1n) is 8.48. The van der Waals surface area contributed by atoms with Gasteiger partial charge in [-0.2, -0.15) is 0 Å². The number of amides is 1. The minimum absolute atomic E-state index is 0.0633. The number of hydrogen-bond acceptors (Lipinski definition) is 3. The summed E-state index contributed by atoms with van der Waals surface area (Å²) in [4.78, 5) is 14.4. The lowest BCUT2D eigenvalue weighted by Crippen LogP contribution is -3.12. The van der Waals surface area contributed by atoms with E-state index in [1.54, 1.807) is 6.07 Å². The molecule has 0 aliphatic carbocycles. The van der Waals surface area contributed by atoms with E-state index in [9.17, 15) is 9.18 Å². The van der Waals surface area contributed by atoms with Crippen LogP contribution in [0.2, 0.25) is 5.02 Å². The van der Waals surface area contributed by atoms with Crippen molar-refractivity contribution in [2.45, 2.75) is 11.4 Å². The molecule has 7 heteroatoms. The van der Waals surface area contributed by atoms with E-state index >= 15 is 0 Å². The molecule has 0 radical (unpaired) electrons. The summed E-state index contributed by atoms with van der Waals surface area (Å²) in [6, 6.07) is 12.4. The minimum atomic E-state index is -0.459. The summed E-state index contributed by atoms with van der Waals surface area (Å²) in [5, 5.41) is 2.94. The number of morpholine rings is 1. The largest absolute Gasteiger partial charge is 0.370 e. The Hall–Kier alpha value is -1.60. The Kier molecular flexibility index (Phi) is 6.91. The molecular formula is C19H21ClFN2O2S+. The fourth-order valence-corrected chi connectivity index (χ4v) is 3.72. The van der Waals surface area contributed by atoms with Crippen LogP contribution in [0.15, 0.2) is 47.4 Å². The predicted molar refractivity (Wildman–Crippen MR) is 102 cm³/mol. The van der Waals surface area contributed by atoms with Crippen molar-refractivity contribution < 1.29 is 18.8 Å². The molecule has 4 nitrogen and oxygen atoms in total. The summed E-state index contributed by atoms with van der Waals surface area (Å²) in [5.41, 5.74) is 2.02. The molecule has 2 aromatic rings. The standard InChI is InChI=1S/C19H20ClFN2O2S/c20-17-11-16(5-6-18(17)21)26-13-19(24)22-15-3-1-14(2-4-15)12-23-7-9-25-10-8-23/h1-6,11H,7-10,12-13H2,(H,22,24)/p+1. The Balaban J connectivity index is 1.47. The van der Waals surface area contributed by atoms with Gasteiger partial charge in [-0.15, -0.1) is 11.8 Å². The first kappa shape index (κ1) is 19.2. The lowest BCUT2D eigenvalue weighted by Gasteiger charge is -2.23. The van der Waals surface area contributed by atoms with E-state index < -0.39 is 5.82 Å². The molecule has 0 aromatic heterocycles. The van der Waals surface area contributed by atoms with Crippen molar-refractivity contribution in [2.75, 3.05) is 37.4 Å². The van der Waals surface area contributed by atoms with Crippen LogP contribution < -0.4 is 10.2 Å². The Morgan fingerprint density at radius 1 is 1.19 bits per heavy atom. The lowest BCUT2D eigenvalue weighted by molar-refractivity contribution is -0.921. The molecule has 0 atom stereocenters. The maximum atomic E-state index is 13.1. The van der Waals surface area contributed by atoms with E-state index in [1.165, 1.54) is 34.4 Å². The normalized spacial score (nSPS) is 15.0. The fourth-order valence-electron chi connectivity index (χ4n) is 2.74. The van der Waals surface area contributed by atoms with Gasteiger partial charge in [-0.25, -0.2) is 4.39 Å². The number of rotatable bonds is 6. The molecule has 0 saturated carbocycles. The molecule has 0 spiro atoms. The van der Waals surface area contributed by atoms with E-state index in [1.807, 2.05) is 24.3 Å². The fraction of sp³-hybridized carbons (Fsp3) is 0.316. The van der Waals surface area contributed by atoms with Gasteiger partial charge in [-0.1, -0.05) is 23.7 Å². The van der Waals surface area contributed by atoms with Gasteiger partial charge in [0.25, 0.3) is 0 Å². The Bertz CT molecular complexity index is 752. The van der Waals surface area contributed by atoms with Gasteiger partial charge in [0, 0.05) is 16.1 Å². The van der Waals surface area contributed by atoms with Crippen molar-refractivity contribution in [1.82, 2.24) is 0 Å². The molecule has 3 rings (SSSR count). The SMILES string of the molecule is O=C(CSc1ccc(F)c(Cl)c1)Nc1ccc(C[NH+]2CCOCC2)cc1. The van der Waals surface area contributed by atoms with Crippen LogP contribution in [0.3, 0.4) is 0 Å². The minimum Gasteiger partial charge on any atom is -0.370 e. The third-order valence-corrected chi connectivity index (χ3v) is 5.44. The highest BCUT2D eigenvalue weighted by Gasteiger charge is 2.14. The second-order valence-corrected chi connectivity index (χ2v) is 7.60. The molecule has 1 amide bonds. The van der Waals surface area contributed by atoms with Crippen LogP contribution in [0.5, 0.6) is 0 Å². The van der Waals surface area contributed by atoms with Crippen LogP contribution in [0.25, 0.3) is 0 Å². The van der Waals surface area contributed by atoms with Gasteiger partial charge < -0.3 is 15.0 Å². The summed E-state index contributed by atoms with van der Waals surface area (Å²) in [7, 11) is 0. The van der Waals surface area contributed by atoms with Gasteiger partial charge in [0.05, 0.1) is 24.0 Å². The predicted octanol–water partition coefficient (Wildman–Crippen LogP) is 2.63. The molecule has 1 fully saturated rings. The molecular weight excluding hydrogens is 375 g/mol. The summed E-state index contributed by atoms with van der Waals surface area (Å²) in [5.74, 6) is -0.330. The Labute approximate surface area is 161 Å². The number of ether oxygens (including phenoxy) is 1. The summed E-state index contributed by atoms with van der Waals surface area (Å²) in [6.45, 7) is 4.67. The zero-order chi connectivity index (χ0) is 18.4. The van der Waals surface area contributed by atoms with Crippen molar-refractivity contribution in [3.05, 3.63) is 58.9 Å². The summed E-state index contributed by atoms with van der Waals surface area (Å²) < 4.78 is 18.5. The van der Waals surface area contributed by atoms with Gasteiger partial charge in [0.2, 0.25) is 5.91 Å². The lowest BCUT2D eigenvalue weighted by atomic mass is 10.2. The van der Waals surface area contributed by atoms with Crippen LogP contribution in [0.4, 0.5) is 10.1 Å². The number of quaternary nitrogens is 1. The van der Waals surface area contributed by atoms with Gasteiger partial charge >= 0.3 is 0 Å². The third-order valence-electron chi connectivity index (χ3n) is 4.15. The number of anilines is 1. The van der Waals surface area contributed by atoms with Crippen molar-refractivity contribution in [1.29, 1.82) is 0 Å². The Morgan fingerprint density at radius 2 is 1.92 bits per heavy atom. The van der Waals surface area contributed by atoms with Crippen molar-refractivity contribution >= 4 is 35.0 Å². The summed E-state index contributed by atoms with van der Waals surface area (Å²) in [6.07, 6.45) is 0. The zero-order valence-corrected chi connectivity index (χ0v) is 15.8. The van der Waals surface area contributed by atoms with Crippen molar-refractivity contribution in [3.8, 4) is 0 Å². The number of carbonyl (C=O) groups excluding carboxylic acids is 1. The maximum Gasteiger partial charge on any atom is 0.234 e. The number of thioether (sulfide) groups is 1. The highest BCUT2D eigenvalue weighted by molar-refractivity contribution is 8.00. The highest BCUT2D eigenvalue weighted by Crippen LogP contribution is 2.24. The first-order chi connectivity index (χ1) is 12.6. The number of hydrogen-bond donors (Lipinski definition) is 2. The van der Waals surface area contributed by atoms with Gasteiger partial charge in [-0.05, 0) is 30.3 Å². The van der Waals surface area contributed by atoms with Crippen molar-refractivity contribution in [3.63, 3.8) is 0 Å². The summed E-state index contributed by atoms with van der Waals surface area (Å²) >= 11 is 7.06. The van der Waals surface area contributed by atoms with Crippen LogP contribution in [-0.4, -0.2) is 38.0 Å². The number of halogens is 2. The number of nitrogens with one attached hydrogen (secondary N) is 2. The topological polar surface area (TPSA) is 42.8 Å². The van der Waals surface area contributed by atoms with E-state index in [-0.39, 0.29) is 16.7 Å². The average molecular weight is 396 g/mol. The quantitative estimate of drug-likeness (QED) is 0.739. The second kappa shape index (κ2) is 9.37. The molecule has 2 N–H and O–H groups in total. The number of carbonyl (C=O) groups is 1. The third kappa shape index (κ3) is 5.71. The highest BCUT2D eigenvalue weighted by atomic mass is 35.5. The molecule has 1 aliphatic rings. The molecule has 0 bridgehead atoms. The molecule has 26 heavy (non-hydrogen) atoms. The number of benzene rings is 2. The molecule has 1 saturated heterocycles. The van der Waals surface area contributed by atoms with E-state index in [4.69, 9.17) is 16.3 Å².